The van der Waals surface area contributed by atoms with Crippen LogP contribution in [0.5, 0.6) is 0 Å². The largest absolute Gasteiger partial charge is 0.298 e. The molecule has 1 aliphatic carbocycles. The van der Waals surface area contributed by atoms with Crippen molar-refractivity contribution in [3.8, 4) is 5.69 Å². The zero-order valence-corrected chi connectivity index (χ0v) is 14.4. The molecule has 24 heavy (non-hydrogen) atoms. The van der Waals surface area contributed by atoms with E-state index in [0.717, 1.165) is 24.2 Å². The Labute approximate surface area is 148 Å². The van der Waals surface area contributed by atoms with E-state index in [1.165, 1.54) is 23.9 Å². The molecule has 0 radical (unpaired) electrons. The van der Waals surface area contributed by atoms with Crippen molar-refractivity contribution in [3.05, 3.63) is 57.8 Å². The molecule has 0 saturated heterocycles. The van der Waals surface area contributed by atoms with Crippen LogP contribution in [-0.2, 0) is 12.8 Å². The lowest BCUT2D eigenvalue weighted by Gasteiger charge is -2.06. The van der Waals surface area contributed by atoms with E-state index >= 15 is 0 Å². The normalized spacial score (nSPS) is 13.5. The van der Waals surface area contributed by atoms with Crippen LogP contribution in [0.25, 0.3) is 5.69 Å². The highest BCUT2D eigenvalue weighted by atomic mass is 35.5. The summed E-state index contributed by atoms with van der Waals surface area (Å²) in [6.07, 6.45) is 7.65. The number of hydrogen-bond donors (Lipinski definition) is 1. The van der Waals surface area contributed by atoms with Crippen molar-refractivity contribution in [2.45, 2.75) is 25.7 Å². The van der Waals surface area contributed by atoms with E-state index < -0.39 is 0 Å². The second-order valence-electron chi connectivity index (χ2n) is 5.68. The van der Waals surface area contributed by atoms with Gasteiger partial charge in [0, 0.05) is 11.1 Å². The zero-order valence-electron chi connectivity index (χ0n) is 12.8. The molecule has 0 aliphatic heterocycles. The topological polar surface area (TPSA) is 59.8 Å². The van der Waals surface area contributed by atoms with E-state index in [2.05, 4.69) is 15.4 Å². The standard InChI is InChI=1S/C17H15ClN4OS/c18-12-5-1-3-7-14(12)22-10-11(9-19-22)16(23)21-17-20-13-6-2-4-8-15(13)24-17/h1,3,5,7,9-10H,2,4,6,8H2,(H,20,21,23). The van der Waals surface area contributed by atoms with Crippen molar-refractivity contribution in [3.63, 3.8) is 0 Å². The number of nitrogens with one attached hydrogen (secondary N) is 1. The Morgan fingerprint density at radius 2 is 2.08 bits per heavy atom. The number of carbonyl (C=O) groups excluding carboxylic acids is 1. The van der Waals surface area contributed by atoms with E-state index in [9.17, 15) is 4.79 Å². The summed E-state index contributed by atoms with van der Waals surface area (Å²) in [5.41, 5.74) is 2.35. The Balaban J connectivity index is 1.53. The first-order valence-corrected chi connectivity index (χ1v) is 8.99. The highest BCUT2D eigenvalue weighted by Crippen LogP contribution is 2.29. The van der Waals surface area contributed by atoms with E-state index in [1.54, 1.807) is 28.3 Å². The molecule has 0 unspecified atom stereocenters. The number of fused-ring (bicyclic) bond motifs is 1. The molecule has 1 N–H and O–H groups in total. The van der Waals surface area contributed by atoms with Crippen LogP contribution >= 0.6 is 22.9 Å². The number of rotatable bonds is 3. The SMILES string of the molecule is O=C(Nc1nc2c(s1)CCCC2)c1cnn(-c2ccccc2Cl)c1. The molecule has 5 nitrogen and oxygen atoms in total. The van der Waals surface area contributed by atoms with Crippen LogP contribution in [0.3, 0.4) is 0 Å². The lowest BCUT2D eigenvalue weighted by atomic mass is 10.0. The molecule has 1 aliphatic rings. The number of thiazole rings is 1. The van der Waals surface area contributed by atoms with Gasteiger partial charge in [0.2, 0.25) is 0 Å². The van der Waals surface area contributed by atoms with E-state index in [0.29, 0.717) is 15.7 Å². The first kappa shape index (κ1) is 15.4. The third-order valence-electron chi connectivity index (χ3n) is 4.01. The molecule has 3 aromatic rings. The molecular formula is C17H15ClN4OS. The summed E-state index contributed by atoms with van der Waals surface area (Å²) in [5, 5.41) is 8.35. The maximum absolute atomic E-state index is 12.4. The van der Waals surface area contributed by atoms with Crippen LogP contribution in [0.15, 0.2) is 36.7 Å². The Kier molecular flexibility index (Phi) is 4.08. The van der Waals surface area contributed by atoms with Crippen LogP contribution in [0.4, 0.5) is 5.13 Å². The highest BCUT2D eigenvalue weighted by Gasteiger charge is 2.17. The second-order valence-corrected chi connectivity index (χ2v) is 7.17. The van der Waals surface area contributed by atoms with Crippen LogP contribution in [0, 0.1) is 0 Å². The Hall–Kier alpha value is -2.18. The smallest absolute Gasteiger partial charge is 0.260 e. The number of benzene rings is 1. The third-order valence-corrected chi connectivity index (χ3v) is 5.40. The zero-order chi connectivity index (χ0) is 16.5. The Morgan fingerprint density at radius 1 is 1.25 bits per heavy atom. The van der Waals surface area contributed by atoms with E-state index in [4.69, 9.17) is 11.6 Å². The second kappa shape index (κ2) is 6.37. The molecule has 0 spiro atoms. The maximum Gasteiger partial charge on any atom is 0.260 e. The van der Waals surface area contributed by atoms with Crippen molar-refractivity contribution in [2.75, 3.05) is 5.32 Å². The number of nitrogens with zero attached hydrogens (tertiary/aromatic N) is 3. The molecule has 7 heteroatoms. The number of amides is 1. The minimum absolute atomic E-state index is 0.209. The van der Waals surface area contributed by atoms with Gasteiger partial charge in [-0.25, -0.2) is 9.67 Å². The van der Waals surface area contributed by atoms with E-state index in [-0.39, 0.29) is 5.91 Å². The monoisotopic (exact) mass is 358 g/mol. The first-order chi connectivity index (χ1) is 11.7. The summed E-state index contributed by atoms with van der Waals surface area (Å²) in [7, 11) is 0. The Morgan fingerprint density at radius 3 is 2.92 bits per heavy atom. The third kappa shape index (κ3) is 2.95. The van der Waals surface area contributed by atoms with Crippen LogP contribution < -0.4 is 5.32 Å². The van der Waals surface area contributed by atoms with Gasteiger partial charge in [0.25, 0.3) is 5.91 Å². The Bertz CT molecular complexity index is 878. The van der Waals surface area contributed by atoms with Gasteiger partial charge in [-0.3, -0.25) is 10.1 Å². The van der Waals surface area contributed by atoms with Gasteiger partial charge in [0.15, 0.2) is 5.13 Å². The predicted molar refractivity (Wildman–Crippen MR) is 95.3 cm³/mol. The molecule has 1 amide bonds. The van der Waals surface area contributed by atoms with Gasteiger partial charge in [-0.1, -0.05) is 23.7 Å². The molecule has 0 saturated carbocycles. The summed E-state index contributed by atoms with van der Waals surface area (Å²) in [4.78, 5) is 18.3. The number of carbonyl (C=O) groups is 1. The number of halogens is 1. The highest BCUT2D eigenvalue weighted by molar-refractivity contribution is 7.15. The van der Waals surface area contributed by atoms with Crippen molar-refractivity contribution in [1.82, 2.24) is 14.8 Å². The molecule has 0 fully saturated rings. The minimum Gasteiger partial charge on any atom is -0.298 e. The molecule has 4 rings (SSSR count). The number of aromatic nitrogens is 3. The summed E-state index contributed by atoms with van der Waals surface area (Å²) in [5.74, 6) is -0.209. The average Bonchev–Trinajstić information content (AvgIpc) is 3.21. The lowest BCUT2D eigenvalue weighted by molar-refractivity contribution is 0.102. The van der Waals surface area contributed by atoms with Crippen molar-refractivity contribution in [2.24, 2.45) is 0 Å². The van der Waals surface area contributed by atoms with Crippen molar-refractivity contribution >= 4 is 34.0 Å². The number of para-hydroxylation sites is 1. The van der Waals surface area contributed by atoms with Crippen LogP contribution in [0.1, 0.15) is 33.8 Å². The van der Waals surface area contributed by atoms with Gasteiger partial charge >= 0.3 is 0 Å². The van der Waals surface area contributed by atoms with Gasteiger partial charge in [-0.05, 0) is 37.8 Å². The van der Waals surface area contributed by atoms with Gasteiger partial charge in [-0.15, -0.1) is 11.3 Å². The fourth-order valence-electron chi connectivity index (χ4n) is 2.78. The number of aryl methyl sites for hydroxylation is 2. The average molecular weight is 359 g/mol. The molecule has 122 valence electrons. The van der Waals surface area contributed by atoms with Crippen molar-refractivity contribution < 1.29 is 4.79 Å². The maximum atomic E-state index is 12.4. The fraction of sp³-hybridized carbons (Fsp3) is 0.235. The van der Waals surface area contributed by atoms with Crippen molar-refractivity contribution in [1.29, 1.82) is 0 Å². The summed E-state index contributed by atoms with van der Waals surface area (Å²) in [6, 6.07) is 7.38. The van der Waals surface area contributed by atoms with Gasteiger partial charge < -0.3 is 0 Å². The lowest BCUT2D eigenvalue weighted by Crippen LogP contribution is -2.11. The molecule has 0 bridgehead atoms. The summed E-state index contributed by atoms with van der Waals surface area (Å²) in [6.45, 7) is 0. The first-order valence-electron chi connectivity index (χ1n) is 7.80. The van der Waals surface area contributed by atoms with Crippen LogP contribution in [0.2, 0.25) is 5.02 Å². The minimum atomic E-state index is -0.209. The van der Waals surface area contributed by atoms with Gasteiger partial charge in [0.05, 0.1) is 28.2 Å². The van der Waals surface area contributed by atoms with Crippen LogP contribution in [-0.4, -0.2) is 20.7 Å². The number of anilines is 1. The molecule has 1 aromatic carbocycles. The molecule has 0 atom stereocenters. The quantitative estimate of drug-likeness (QED) is 0.766. The molecule has 2 heterocycles. The number of hydrogen-bond acceptors (Lipinski definition) is 4. The fourth-order valence-corrected chi connectivity index (χ4v) is 4.05. The summed E-state index contributed by atoms with van der Waals surface area (Å²) >= 11 is 7.74. The van der Waals surface area contributed by atoms with Gasteiger partial charge in [0.1, 0.15) is 0 Å². The van der Waals surface area contributed by atoms with Gasteiger partial charge in [-0.2, -0.15) is 5.10 Å². The predicted octanol–water partition coefficient (Wildman–Crippen LogP) is 4.11. The molecular weight excluding hydrogens is 344 g/mol. The van der Waals surface area contributed by atoms with E-state index in [1.807, 2.05) is 18.2 Å². The summed E-state index contributed by atoms with van der Waals surface area (Å²) < 4.78 is 1.60. The molecule has 2 aromatic heterocycles.